The van der Waals surface area contributed by atoms with E-state index in [0.717, 1.165) is 48.5 Å². The van der Waals surface area contributed by atoms with E-state index in [1.165, 1.54) is 0 Å². The Labute approximate surface area is 170 Å². The highest BCUT2D eigenvalue weighted by Gasteiger charge is 2.32. The van der Waals surface area contributed by atoms with Crippen molar-refractivity contribution in [3.05, 3.63) is 75.3 Å². The molecule has 30 heavy (non-hydrogen) atoms. The molecule has 0 aromatic heterocycles. The summed E-state index contributed by atoms with van der Waals surface area (Å²) in [6, 6.07) is 8.19. The van der Waals surface area contributed by atoms with Gasteiger partial charge in [0.2, 0.25) is 6.10 Å². The monoisotopic (exact) mass is 424 g/mol. The molecule has 1 unspecified atom stereocenters. The molecule has 7 nitrogen and oxygen atoms in total. The van der Waals surface area contributed by atoms with Gasteiger partial charge in [0.15, 0.2) is 0 Å². The van der Waals surface area contributed by atoms with E-state index in [9.17, 15) is 32.9 Å². The summed E-state index contributed by atoms with van der Waals surface area (Å²) in [5, 5.41) is 13.3. The highest BCUT2D eigenvalue weighted by molar-refractivity contribution is 5.93. The Morgan fingerprint density at radius 3 is 1.97 bits per heavy atom. The molecule has 0 bridgehead atoms. The molecule has 0 spiro atoms. The number of carbonyl (C=O) groups is 2. The summed E-state index contributed by atoms with van der Waals surface area (Å²) in [6.07, 6.45) is -6.08. The van der Waals surface area contributed by atoms with E-state index in [1.807, 2.05) is 0 Å². The summed E-state index contributed by atoms with van der Waals surface area (Å²) in [5.74, 6) is -1.68. The Bertz CT molecular complexity index is 933. The lowest BCUT2D eigenvalue weighted by molar-refractivity contribution is -0.384. The number of carbonyl (C=O) groups excluding carboxylic acids is 2. The van der Waals surface area contributed by atoms with Crippen LogP contribution in [-0.2, 0) is 15.7 Å². The number of nitro groups is 1. The quantitative estimate of drug-likeness (QED) is 0.435. The molecule has 1 N–H and O–H groups in total. The van der Waals surface area contributed by atoms with Gasteiger partial charge in [0, 0.05) is 23.2 Å². The average Bonchev–Trinajstić information content (AvgIpc) is 2.64. The number of alkyl halides is 3. The van der Waals surface area contributed by atoms with Crippen LogP contribution in [0.4, 0.5) is 18.9 Å². The molecule has 0 saturated heterocycles. The van der Waals surface area contributed by atoms with Crippen LogP contribution in [-0.4, -0.2) is 22.3 Å². The summed E-state index contributed by atoms with van der Waals surface area (Å²) < 4.78 is 43.7. The van der Waals surface area contributed by atoms with E-state index in [0.29, 0.717) is 0 Å². The van der Waals surface area contributed by atoms with Gasteiger partial charge in [-0.3, -0.25) is 14.9 Å². The van der Waals surface area contributed by atoms with Crippen molar-refractivity contribution in [2.45, 2.75) is 38.6 Å². The number of nitro benzene ring substituents is 1. The minimum Gasteiger partial charge on any atom is -0.444 e. The Morgan fingerprint density at radius 1 is 1.00 bits per heavy atom. The van der Waals surface area contributed by atoms with Gasteiger partial charge < -0.3 is 10.1 Å². The van der Waals surface area contributed by atoms with E-state index in [2.05, 4.69) is 5.32 Å². The van der Waals surface area contributed by atoms with Gasteiger partial charge in [-0.15, -0.1) is 0 Å². The van der Waals surface area contributed by atoms with E-state index in [1.54, 1.807) is 20.8 Å². The molecular formula is C20H19F3N2O5. The predicted octanol–water partition coefficient (Wildman–Crippen LogP) is 4.43. The van der Waals surface area contributed by atoms with Crippen molar-refractivity contribution in [1.29, 1.82) is 0 Å². The van der Waals surface area contributed by atoms with Crippen LogP contribution in [0, 0.1) is 10.1 Å². The van der Waals surface area contributed by atoms with Crippen molar-refractivity contribution in [2.24, 2.45) is 0 Å². The molecule has 0 radical (unpaired) electrons. The number of benzene rings is 2. The molecule has 2 aromatic carbocycles. The highest BCUT2D eigenvalue weighted by Crippen LogP contribution is 2.31. The third-order valence-corrected chi connectivity index (χ3v) is 3.82. The van der Waals surface area contributed by atoms with Gasteiger partial charge in [0.25, 0.3) is 11.6 Å². The van der Waals surface area contributed by atoms with Crippen molar-refractivity contribution < 1.29 is 32.4 Å². The molecule has 0 aliphatic carbocycles. The van der Waals surface area contributed by atoms with Crippen molar-refractivity contribution in [3.63, 3.8) is 0 Å². The van der Waals surface area contributed by atoms with Gasteiger partial charge in [-0.25, -0.2) is 4.79 Å². The Kier molecular flexibility index (Phi) is 6.49. The smallest absolute Gasteiger partial charge is 0.416 e. The summed E-state index contributed by atoms with van der Waals surface area (Å²) in [4.78, 5) is 35.2. The zero-order valence-electron chi connectivity index (χ0n) is 16.3. The van der Waals surface area contributed by atoms with Crippen LogP contribution in [0.25, 0.3) is 0 Å². The lowest BCUT2D eigenvalue weighted by atomic mass is 10.0. The van der Waals surface area contributed by atoms with Gasteiger partial charge in [-0.05, 0) is 45.0 Å². The zero-order valence-corrected chi connectivity index (χ0v) is 16.3. The Hall–Kier alpha value is -3.43. The predicted molar refractivity (Wildman–Crippen MR) is 101 cm³/mol. The molecule has 2 aromatic rings. The van der Waals surface area contributed by atoms with E-state index in [4.69, 9.17) is 4.74 Å². The molecule has 0 aliphatic heterocycles. The van der Waals surface area contributed by atoms with Crippen LogP contribution in [0.3, 0.4) is 0 Å². The number of ether oxygens (including phenoxy) is 1. The van der Waals surface area contributed by atoms with E-state index in [-0.39, 0.29) is 16.8 Å². The molecule has 0 heterocycles. The van der Waals surface area contributed by atoms with Gasteiger partial charge in [0.1, 0.15) is 0 Å². The van der Waals surface area contributed by atoms with Crippen LogP contribution in [0.15, 0.2) is 48.5 Å². The standard InChI is InChI=1S/C20H19F3N2O5/c1-19(2,3)24-17(26)16(12-4-8-14(9-5-12)20(21,22)23)30-18(27)13-6-10-15(11-7-13)25(28)29/h4-11,16H,1-3H3,(H,24,26). The maximum absolute atomic E-state index is 12.8. The second-order valence-electron chi connectivity index (χ2n) is 7.45. The number of esters is 1. The van der Waals surface area contributed by atoms with E-state index >= 15 is 0 Å². The molecule has 10 heteroatoms. The van der Waals surface area contributed by atoms with Crippen molar-refractivity contribution >= 4 is 17.6 Å². The first-order chi connectivity index (χ1) is 13.8. The zero-order chi connectivity index (χ0) is 22.7. The van der Waals surface area contributed by atoms with Crippen LogP contribution in [0.5, 0.6) is 0 Å². The third-order valence-electron chi connectivity index (χ3n) is 3.82. The first kappa shape index (κ1) is 22.9. The SMILES string of the molecule is CC(C)(C)NC(=O)C(OC(=O)c1ccc([N+](=O)[O-])cc1)c1ccc(C(F)(F)F)cc1. The minimum atomic E-state index is -4.56. The van der Waals surface area contributed by atoms with Gasteiger partial charge in [-0.2, -0.15) is 13.2 Å². The van der Waals surface area contributed by atoms with Crippen molar-refractivity contribution in [1.82, 2.24) is 5.32 Å². The normalized spacial score (nSPS) is 12.7. The molecule has 1 atom stereocenters. The number of hydrogen-bond acceptors (Lipinski definition) is 5. The highest BCUT2D eigenvalue weighted by atomic mass is 19.4. The Balaban J connectivity index is 2.32. The Morgan fingerprint density at radius 2 is 1.53 bits per heavy atom. The van der Waals surface area contributed by atoms with Crippen LogP contribution >= 0.6 is 0 Å². The van der Waals surface area contributed by atoms with E-state index < -0.39 is 40.2 Å². The van der Waals surface area contributed by atoms with Gasteiger partial charge in [-0.1, -0.05) is 12.1 Å². The average molecular weight is 424 g/mol. The third kappa shape index (κ3) is 6.03. The maximum atomic E-state index is 12.8. The van der Waals surface area contributed by atoms with Gasteiger partial charge >= 0.3 is 12.1 Å². The first-order valence-corrected chi connectivity index (χ1v) is 8.72. The minimum absolute atomic E-state index is 0.0417. The molecular weight excluding hydrogens is 405 g/mol. The van der Waals surface area contributed by atoms with Crippen molar-refractivity contribution in [2.75, 3.05) is 0 Å². The topological polar surface area (TPSA) is 98.5 Å². The number of nitrogens with zero attached hydrogens (tertiary/aromatic N) is 1. The van der Waals surface area contributed by atoms with Crippen LogP contribution < -0.4 is 5.32 Å². The fourth-order valence-corrected chi connectivity index (χ4v) is 2.45. The number of nitrogens with one attached hydrogen (secondary N) is 1. The molecule has 2 rings (SSSR count). The van der Waals surface area contributed by atoms with Crippen LogP contribution in [0.1, 0.15) is 48.4 Å². The lowest BCUT2D eigenvalue weighted by Gasteiger charge is -2.25. The first-order valence-electron chi connectivity index (χ1n) is 8.72. The fourth-order valence-electron chi connectivity index (χ4n) is 2.45. The second-order valence-corrected chi connectivity index (χ2v) is 7.45. The molecule has 1 amide bonds. The number of non-ortho nitro benzene ring substituents is 1. The summed E-state index contributed by atoms with van der Waals surface area (Å²) in [6.45, 7) is 5.06. The molecule has 160 valence electrons. The number of halogens is 3. The largest absolute Gasteiger partial charge is 0.444 e. The summed E-state index contributed by atoms with van der Waals surface area (Å²) >= 11 is 0. The second kappa shape index (κ2) is 8.52. The molecule has 0 fully saturated rings. The molecule has 0 saturated carbocycles. The van der Waals surface area contributed by atoms with Crippen LogP contribution in [0.2, 0.25) is 0 Å². The molecule has 0 aliphatic rings. The lowest BCUT2D eigenvalue weighted by Crippen LogP contribution is -2.44. The van der Waals surface area contributed by atoms with Crippen molar-refractivity contribution in [3.8, 4) is 0 Å². The number of hydrogen-bond donors (Lipinski definition) is 1. The fraction of sp³-hybridized carbons (Fsp3) is 0.300. The summed E-state index contributed by atoms with van der Waals surface area (Å²) in [5.41, 5.74) is -1.86. The number of rotatable bonds is 5. The number of amides is 1. The van der Waals surface area contributed by atoms with Gasteiger partial charge in [0.05, 0.1) is 16.1 Å². The maximum Gasteiger partial charge on any atom is 0.416 e. The summed E-state index contributed by atoms with van der Waals surface area (Å²) in [7, 11) is 0.